The number of pyridine rings is 1. The molecule has 192 valence electrons. The number of aliphatic hydroxyl groups excluding tert-OH is 1. The SMILES string of the molecule is COc1cc(/C(O)=C2\C(=O)C(=O)N(Cc3cccc(C(F)(F)F)c3)C2c2ccccn2)c(OC)cc1Cl. The van der Waals surface area contributed by atoms with Crippen molar-refractivity contribution in [2.45, 2.75) is 18.8 Å². The van der Waals surface area contributed by atoms with Crippen molar-refractivity contribution < 1.29 is 37.3 Å². The molecule has 37 heavy (non-hydrogen) atoms. The van der Waals surface area contributed by atoms with Crippen LogP contribution >= 0.6 is 11.6 Å². The molecule has 1 fully saturated rings. The van der Waals surface area contributed by atoms with Crippen LogP contribution in [0.4, 0.5) is 13.2 Å². The summed E-state index contributed by atoms with van der Waals surface area (Å²) in [5.74, 6) is -2.33. The number of rotatable bonds is 6. The molecule has 0 radical (unpaired) electrons. The van der Waals surface area contributed by atoms with Crippen molar-refractivity contribution in [2.75, 3.05) is 14.2 Å². The molecule has 1 unspecified atom stereocenters. The van der Waals surface area contributed by atoms with E-state index in [1.54, 1.807) is 18.2 Å². The minimum Gasteiger partial charge on any atom is -0.507 e. The van der Waals surface area contributed by atoms with Gasteiger partial charge >= 0.3 is 6.18 Å². The molecule has 1 N–H and O–H groups in total. The van der Waals surface area contributed by atoms with Crippen molar-refractivity contribution in [3.8, 4) is 11.5 Å². The molecule has 1 saturated heterocycles. The quantitative estimate of drug-likeness (QED) is 0.260. The lowest BCUT2D eigenvalue weighted by Crippen LogP contribution is -2.29. The van der Waals surface area contributed by atoms with Crippen molar-refractivity contribution in [3.05, 3.63) is 93.8 Å². The fraction of sp³-hybridized carbons (Fsp3) is 0.192. The molecule has 4 rings (SSSR count). The van der Waals surface area contributed by atoms with E-state index in [2.05, 4.69) is 4.98 Å². The number of methoxy groups -OCH3 is 2. The van der Waals surface area contributed by atoms with E-state index in [0.717, 1.165) is 17.0 Å². The van der Waals surface area contributed by atoms with Gasteiger partial charge in [0.2, 0.25) is 0 Å². The van der Waals surface area contributed by atoms with Gasteiger partial charge in [-0.1, -0.05) is 29.8 Å². The molecule has 0 spiro atoms. The van der Waals surface area contributed by atoms with Gasteiger partial charge in [0.25, 0.3) is 11.7 Å². The van der Waals surface area contributed by atoms with Crippen LogP contribution in [0, 0.1) is 0 Å². The number of amides is 1. The molecule has 7 nitrogen and oxygen atoms in total. The van der Waals surface area contributed by atoms with Crippen molar-refractivity contribution in [1.82, 2.24) is 9.88 Å². The molecular formula is C26H20ClF3N2O5. The van der Waals surface area contributed by atoms with Crippen molar-refractivity contribution in [2.24, 2.45) is 0 Å². The number of hydrogen-bond donors (Lipinski definition) is 1. The van der Waals surface area contributed by atoms with Crippen LogP contribution in [0.3, 0.4) is 0 Å². The summed E-state index contributed by atoms with van der Waals surface area (Å²) >= 11 is 6.16. The number of halogens is 4. The summed E-state index contributed by atoms with van der Waals surface area (Å²) < 4.78 is 50.3. The second-order valence-electron chi connectivity index (χ2n) is 8.07. The van der Waals surface area contributed by atoms with E-state index >= 15 is 0 Å². The summed E-state index contributed by atoms with van der Waals surface area (Å²) in [6, 6.07) is 10.8. The fourth-order valence-electron chi connectivity index (χ4n) is 4.12. The number of nitrogens with zero attached hydrogens (tertiary/aromatic N) is 2. The van der Waals surface area contributed by atoms with Crippen LogP contribution in [-0.2, 0) is 22.3 Å². The third-order valence-corrected chi connectivity index (χ3v) is 6.14. The zero-order valence-corrected chi connectivity index (χ0v) is 20.3. The molecule has 11 heteroatoms. The zero-order chi connectivity index (χ0) is 26.9. The Morgan fingerprint density at radius 3 is 2.41 bits per heavy atom. The van der Waals surface area contributed by atoms with E-state index in [-0.39, 0.29) is 45.5 Å². The number of ketones is 1. The second kappa shape index (κ2) is 10.1. The molecule has 1 aromatic heterocycles. The number of benzene rings is 2. The lowest BCUT2D eigenvalue weighted by molar-refractivity contribution is -0.140. The monoisotopic (exact) mass is 532 g/mol. The van der Waals surface area contributed by atoms with Crippen LogP contribution in [0.15, 0.2) is 66.4 Å². The van der Waals surface area contributed by atoms with Gasteiger partial charge in [-0.25, -0.2) is 0 Å². The summed E-state index contributed by atoms with van der Waals surface area (Å²) in [6.07, 6.45) is -3.15. The van der Waals surface area contributed by atoms with Gasteiger partial charge in [-0.3, -0.25) is 14.6 Å². The Bertz CT molecular complexity index is 1390. The lowest BCUT2D eigenvalue weighted by Gasteiger charge is -2.25. The normalized spacial score (nSPS) is 17.2. The maximum atomic E-state index is 13.3. The Labute approximate surface area is 214 Å². The highest BCUT2D eigenvalue weighted by Crippen LogP contribution is 2.43. The van der Waals surface area contributed by atoms with Gasteiger partial charge < -0.3 is 19.5 Å². The highest BCUT2D eigenvalue weighted by Gasteiger charge is 2.47. The molecule has 2 heterocycles. The number of likely N-dealkylation sites (tertiary alicyclic amines) is 1. The summed E-state index contributed by atoms with van der Waals surface area (Å²) in [5.41, 5.74) is -0.799. The standard InChI is InChI=1S/C26H20ClF3N2O5/c1-36-19-12-17(27)20(37-2)11-16(19)23(33)21-22(18-8-3-4-9-31-18)32(25(35)24(21)34)13-14-6-5-7-15(10-14)26(28,29)30/h3-12,22,33H,13H2,1-2H3/b23-21+. The highest BCUT2D eigenvalue weighted by molar-refractivity contribution is 6.46. The highest BCUT2D eigenvalue weighted by atomic mass is 35.5. The number of aliphatic hydroxyl groups is 1. The van der Waals surface area contributed by atoms with Crippen LogP contribution in [0.25, 0.3) is 5.76 Å². The Morgan fingerprint density at radius 2 is 1.78 bits per heavy atom. The van der Waals surface area contributed by atoms with Gasteiger partial charge in [0.1, 0.15) is 23.3 Å². The minimum atomic E-state index is -4.59. The van der Waals surface area contributed by atoms with Crippen LogP contribution in [0.2, 0.25) is 5.02 Å². The fourth-order valence-corrected chi connectivity index (χ4v) is 4.35. The van der Waals surface area contributed by atoms with E-state index < -0.39 is 35.2 Å². The average molecular weight is 533 g/mol. The summed E-state index contributed by atoms with van der Waals surface area (Å²) in [6.45, 7) is -0.340. The second-order valence-corrected chi connectivity index (χ2v) is 8.47. The maximum Gasteiger partial charge on any atom is 0.416 e. The predicted octanol–water partition coefficient (Wildman–Crippen LogP) is 5.39. The summed E-state index contributed by atoms with van der Waals surface area (Å²) in [4.78, 5) is 31.7. The number of alkyl halides is 3. The molecule has 3 aromatic rings. The number of carbonyl (C=O) groups is 2. The molecule has 1 amide bonds. The molecule has 1 aliphatic rings. The van der Waals surface area contributed by atoms with Gasteiger partial charge in [-0.05, 0) is 35.9 Å². The summed E-state index contributed by atoms with van der Waals surface area (Å²) in [7, 11) is 2.69. The first kappa shape index (κ1) is 26.0. The molecule has 1 aliphatic heterocycles. The van der Waals surface area contributed by atoms with Gasteiger partial charge in [-0.15, -0.1) is 0 Å². The Hall–Kier alpha value is -4.05. The average Bonchev–Trinajstić information content (AvgIpc) is 3.13. The number of hydrogen-bond acceptors (Lipinski definition) is 6. The van der Waals surface area contributed by atoms with Gasteiger partial charge in [0, 0.05) is 18.8 Å². The zero-order valence-electron chi connectivity index (χ0n) is 19.5. The summed E-state index contributed by atoms with van der Waals surface area (Å²) in [5, 5.41) is 11.5. The Balaban J connectivity index is 1.89. The third-order valence-electron chi connectivity index (χ3n) is 5.84. The Kier molecular flexibility index (Phi) is 7.13. The van der Waals surface area contributed by atoms with Gasteiger partial charge in [-0.2, -0.15) is 13.2 Å². The largest absolute Gasteiger partial charge is 0.507 e. The number of aromatic nitrogens is 1. The van der Waals surface area contributed by atoms with Crippen LogP contribution in [0.1, 0.15) is 28.4 Å². The lowest BCUT2D eigenvalue weighted by atomic mass is 9.97. The van der Waals surface area contributed by atoms with E-state index in [1.165, 1.54) is 44.7 Å². The van der Waals surface area contributed by atoms with Crippen molar-refractivity contribution in [1.29, 1.82) is 0 Å². The van der Waals surface area contributed by atoms with E-state index in [1.807, 2.05) is 0 Å². The number of ether oxygens (including phenoxy) is 2. The van der Waals surface area contributed by atoms with E-state index in [0.29, 0.717) is 0 Å². The molecule has 0 aliphatic carbocycles. The van der Waals surface area contributed by atoms with E-state index in [4.69, 9.17) is 21.1 Å². The first-order valence-electron chi connectivity index (χ1n) is 10.8. The smallest absolute Gasteiger partial charge is 0.416 e. The predicted molar refractivity (Wildman–Crippen MR) is 128 cm³/mol. The first-order chi connectivity index (χ1) is 17.6. The molecule has 1 atom stereocenters. The van der Waals surface area contributed by atoms with Crippen LogP contribution in [-0.4, -0.2) is 40.9 Å². The molecular weight excluding hydrogens is 513 g/mol. The van der Waals surface area contributed by atoms with Gasteiger partial charge in [0.05, 0.1) is 41.6 Å². The number of Topliss-reactive ketones (excluding diaryl/α,β-unsaturated/α-hetero) is 1. The molecule has 0 bridgehead atoms. The first-order valence-corrected chi connectivity index (χ1v) is 11.2. The van der Waals surface area contributed by atoms with Gasteiger partial charge in [0.15, 0.2) is 0 Å². The molecule has 0 saturated carbocycles. The number of carbonyl (C=O) groups excluding carboxylic acids is 2. The minimum absolute atomic E-state index is 0.0294. The maximum absolute atomic E-state index is 13.3. The molecule has 2 aromatic carbocycles. The van der Waals surface area contributed by atoms with Crippen LogP contribution < -0.4 is 9.47 Å². The Morgan fingerprint density at radius 1 is 1.05 bits per heavy atom. The van der Waals surface area contributed by atoms with Crippen LogP contribution in [0.5, 0.6) is 11.5 Å². The van der Waals surface area contributed by atoms with Crippen molar-refractivity contribution in [3.63, 3.8) is 0 Å². The van der Waals surface area contributed by atoms with E-state index in [9.17, 15) is 27.9 Å². The third kappa shape index (κ3) is 4.97. The topological polar surface area (TPSA) is 89.0 Å². The van der Waals surface area contributed by atoms with Crippen molar-refractivity contribution >= 4 is 29.1 Å².